The Balaban J connectivity index is 1.78. The van der Waals surface area contributed by atoms with E-state index in [2.05, 4.69) is 43.8 Å². The van der Waals surface area contributed by atoms with Crippen LogP contribution in [0.4, 0.5) is 5.69 Å². The maximum Gasteiger partial charge on any atom is 0.244 e. The second kappa shape index (κ2) is 5.09. The van der Waals surface area contributed by atoms with E-state index in [1.165, 1.54) is 16.4 Å². The van der Waals surface area contributed by atoms with Crippen LogP contribution in [0.3, 0.4) is 0 Å². The van der Waals surface area contributed by atoms with Crippen LogP contribution in [0, 0.1) is 3.57 Å². The molecule has 2 aliphatic rings. The topological polar surface area (TPSA) is 32.3 Å². The Morgan fingerprint density at radius 1 is 1.33 bits per heavy atom. The van der Waals surface area contributed by atoms with E-state index < -0.39 is 0 Å². The van der Waals surface area contributed by atoms with Crippen molar-refractivity contribution < 1.29 is 4.79 Å². The van der Waals surface area contributed by atoms with Gasteiger partial charge in [-0.05, 0) is 76.0 Å². The number of benzene rings is 1. The van der Waals surface area contributed by atoms with E-state index in [9.17, 15) is 4.79 Å². The predicted octanol–water partition coefficient (Wildman–Crippen LogP) is 2.91. The van der Waals surface area contributed by atoms with Crippen LogP contribution in [0.25, 0.3) is 0 Å². The molecular weight excluding hydrogens is 407 g/mol. The summed E-state index contributed by atoms with van der Waals surface area (Å²) in [4.78, 5) is 14.2. The smallest absolute Gasteiger partial charge is 0.244 e. The molecule has 1 unspecified atom stereocenters. The lowest BCUT2D eigenvalue weighted by atomic mass is 10.2. The van der Waals surface area contributed by atoms with Gasteiger partial charge in [-0.2, -0.15) is 0 Å². The lowest BCUT2D eigenvalue weighted by Gasteiger charge is -2.19. The lowest BCUT2D eigenvalue weighted by molar-refractivity contribution is -0.118. The van der Waals surface area contributed by atoms with Gasteiger partial charge in [0.1, 0.15) is 0 Å². The van der Waals surface area contributed by atoms with Gasteiger partial charge in [-0.25, -0.2) is 0 Å². The van der Waals surface area contributed by atoms with Crippen molar-refractivity contribution in [3.8, 4) is 0 Å². The molecule has 0 aromatic heterocycles. The minimum absolute atomic E-state index is 0.0173. The van der Waals surface area contributed by atoms with Gasteiger partial charge in [0.2, 0.25) is 5.91 Å². The number of anilines is 1. The predicted molar refractivity (Wildman–Crippen MR) is 83.8 cm³/mol. The maximum absolute atomic E-state index is 12.3. The highest BCUT2D eigenvalue weighted by atomic mass is 127. The molecule has 18 heavy (non-hydrogen) atoms. The van der Waals surface area contributed by atoms with Crippen molar-refractivity contribution >= 4 is 50.1 Å². The number of amides is 1. The molecule has 96 valence electrons. The van der Waals surface area contributed by atoms with E-state index in [0.717, 1.165) is 23.1 Å². The molecule has 0 spiro atoms. The number of halogens is 2. The van der Waals surface area contributed by atoms with Crippen molar-refractivity contribution in [2.24, 2.45) is 0 Å². The van der Waals surface area contributed by atoms with E-state index in [-0.39, 0.29) is 11.9 Å². The average Bonchev–Trinajstić information content (AvgIpc) is 3.07. The van der Waals surface area contributed by atoms with Crippen molar-refractivity contribution in [3.05, 3.63) is 26.2 Å². The van der Waals surface area contributed by atoms with Gasteiger partial charge in [0.05, 0.1) is 11.7 Å². The molecule has 1 aromatic carbocycles. The molecule has 1 heterocycles. The summed E-state index contributed by atoms with van der Waals surface area (Å²) in [5.41, 5.74) is 0.987. The summed E-state index contributed by atoms with van der Waals surface area (Å²) in [6, 6.07) is 6.70. The second-order valence-electron chi connectivity index (χ2n) is 4.87. The normalized spacial score (nSPS) is 23.8. The number of nitrogens with zero attached hydrogens (tertiary/aromatic N) is 1. The first kappa shape index (κ1) is 12.9. The number of hydrogen-bond donors (Lipinski definition) is 1. The maximum atomic E-state index is 12.3. The number of carbonyl (C=O) groups is 1. The summed E-state index contributed by atoms with van der Waals surface area (Å²) >= 11 is 5.82. The Labute approximate surface area is 129 Å². The third kappa shape index (κ3) is 2.58. The molecule has 1 saturated heterocycles. The van der Waals surface area contributed by atoms with E-state index in [0.29, 0.717) is 6.04 Å². The SMILES string of the molecule is O=C1C(NC2CC2)CCN1c1ccc(I)cc1Br. The lowest BCUT2D eigenvalue weighted by Crippen LogP contribution is -2.39. The first-order valence-corrected chi connectivity index (χ1v) is 8.05. The molecule has 1 saturated carbocycles. The number of hydrogen-bond acceptors (Lipinski definition) is 2. The minimum atomic E-state index is 0.0173. The third-order valence-electron chi connectivity index (χ3n) is 3.42. The van der Waals surface area contributed by atoms with Gasteiger partial charge in [-0.15, -0.1) is 0 Å². The molecule has 1 aliphatic carbocycles. The molecular formula is C13H14BrIN2O. The van der Waals surface area contributed by atoms with Gasteiger partial charge >= 0.3 is 0 Å². The molecule has 0 radical (unpaired) electrons. The average molecular weight is 421 g/mol. The number of rotatable bonds is 3. The van der Waals surface area contributed by atoms with Crippen LogP contribution in [0.2, 0.25) is 0 Å². The molecule has 1 N–H and O–H groups in total. The van der Waals surface area contributed by atoms with Crippen LogP contribution in [0.5, 0.6) is 0 Å². The Hall–Kier alpha value is -0.140. The molecule has 1 aliphatic heterocycles. The monoisotopic (exact) mass is 420 g/mol. The fourth-order valence-electron chi connectivity index (χ4n) is 2.31. The molecule has 1 atom stereocenters. The van der Waals surface area contributed by atoms with Gasteiger partial charge in [0, 0.05) is 20.6 Å². The summed E-state index contributed by atoms with van der Waals surface area (Å²) < 4.78 is 2.16. The highest BCUT2D eigenvalue weighted by Crippen LogP contribution is 2.32. The molecule has 5 heteroatoms. The van der Waals surface area contributed by atoms with Crippen LogP contribution in [0.15, 0.2) is 22.7 Å². The van der Waals surface area contributed by atoms with Crippen molar-refractivity contribution in [2.75, 3.05) is 11.4 Å². The van der Waals surface area contributed by atoms with Crippen LogP contribution >= 0.6 is 38.5 Å². The van der Waals surface area contributed by atoms with Crippen molar-refractivity contribution in [1.82, 2.24) is 5.32 Å². The fraction of sp³-hybridized carbons (Fsp3) is 0.462. The summed E-state index contributed by atoms with van der Waals surface area (Å²) in [6.45, 7) is 0.808. The van der Waals surface area contributed by atoms with Gasteiger partial charge in [-0.3, -0.25) is 4.79 Å². The quantitative estimate of drug-likeness (QED) is 0.762. The molecule has 1 amide bonds. The third-order valence-corrected chi connectivity index (χ3v) is 4.73. The minimum Gasteiger partial charge on any atom is -0.310 e. The Morgan fingerprint density at radius 2 is 2.11 bits per heavy atom. The summed E-state index contributed by atoms with van der Waals surface area (Å²) in [5, 5.41) is 3.43. The zero-order chi connectivity index (χ0) is 12.7. The molecule has 2 fully saturated rings. The van der Waals surface area contributed by atoms with Crippen LogP contribution in [-0.2, 0) is 4.79 Å². The standard InChI is InChI=1S/C13H14BrIN2O/c14-10-7-8(15)1-4-12(10)17-6-5-11(13(17)18)16-9-2-3-9/h1,4,7,9,11,16H,2-3,5-6H2. The Morgan fingerprint density at radius 3 is 2.78 bits per heavy atom. The first-order valence-electron chi connectivity index (χ1n) is 6.17. The zero-order valence-corrected chi connectivity index (χ0v) is 13.6. The van der Waals surface area contributed by atoms with Crippen molar-refractivity contribution in [2.45, 2.75) is 31.3 Å². The molecule has 3 nitrogen and oxygen atoms in total. The summed E-state index contributed by atoms with van der Waals surface area (Å²) in [7, 11) is 0. The van der Waals surface area contributed by atoms with E-state index in [1.54, 1.807) is 0 Å². The van der Waals surface area contributed by atoms with Crippen molar-refractivity contribution in [1.29, 1.82) is 0 Å². The van der Waals surface area contributed by atoms with Crippen molar-refractivity contribution in [3.63, 3.8) is 0 Å². The first-order chi connectivity index (χ1) is 8.65. The Bertz CT molecular complexity index is 490. The van der Waals surface area contributed by atoms with Crippen LogP contribution in [0.1, 0.15) is 19.3 Å². The molecule has 3 rings (SSSR count). The second-order valence-corrected chi connectivity index (χ2v) is 6.97. The summed E-state index contributed by atoms with van der Waals surface area (Å²) in [5.74, 6) is 0.212. The highest BCUT2D eigenvalue weighted by Gasteiger charge is 2.36. The van der Waals surface area contributed by atoms with Gasteiger partial charge in [-0.1, -0.05) is 0 Å². The molecule has 0 bridgehead atoms. The fourth-order valence-corrected chi connectivity index (χ4v) is 3.82. The van der Waals surface area contributed by atoms with Gasteiger partial charge < -0.3 is 10.2 Å². The van der Waals surface area contributed by atoms with E-state index >= 15 is 0 Å². The summed E-state index contributed by atoms with van der Waals surface area (Å²) in [6.07, 6.45) is 3.35. The van der Waals surface area contributed by atoms with E-state index in [1.807, 2.05) is 23.1 Å². The Kier molecular flexibility index (Phi) is 3.64. The van der Waals surface area contributed by atoms with Gasteiger partial charge in [0.25, 0.3) is 0 Å². The highest BCUT2D eigenvalue weighted by molar-refractivity contribution is 14.1. The number of carbonyl (C=O) groups excluding carboxylic acids is 1. The largest absolute Gasteiger partial charge is 0.310 e. The number of nitrogens with one attached hydrogen (secondary N) is 1. The zero-order valence-electron chi connectivity index (χ0n) is 9.83. The van der Waals surface area contributed by atoms with Crippen LogP contribution < -0.4 is 10.2 Å². The van der Waals surface area contributed by atoms with Gasteiger partial charge in [0.15, 0.2) is 0 Å². The molecule has 1 aromatic rings. The van der Waals surface area contributed by atoms with Crippen LogP contribution in [-0.4, -0.2) is 24.5 Å². The van der Waals surface area contributed by atoms with E-state index in [4.69, 9.17) is 0 Å².